The lowest BCUT2D eigenvalue weighted by Gasteiger charge is -2.16. The molecule has 2 heterocycles. The van der Waals surface area contributed by atoms with Crippen molar-refractivity contribution >= 4 is 33.6 Å². The van der Waals surface area contributed by atoms with Crippen molar-refractivity contribution in [3.8, 4) is 0 Å². The van der Waals surface area contributed by atoms with E-state index in [0.717, 1.165) is 32.9 Å². The van der Waals surface area contributed by atoms with Gasteiger partial charge >= 0.3 is 5.97 Å². The summed E-state index contributed by atoms with van der Waals surface area (Å²) < 4.78 is 2.05. The second-order valence-electron chi connectivity index (χ2n) is 8.33. The zero-order valence-corrected chi connectivity index (χ0v) is 18.6. The number of pyridine rings is 1. The number of hydrogen-bond acceptors (Lipinski definition) is 3. The molecule has 0 fully saturated rings. The van der Waals surface area contributed by atoms with Crippen LogP contribution in [0.5, 0.6) is 0 Å². The van der Waals surface area contributed by atoms with Crippen LogP contribution in [0.3, 0.4) is 0 Å². The van der Waals surface area contributed by atoms with E-state index in [1.807, 2.05) is 66.3 Å². The molecule has 5 aromatic rings. The molecule has 5 rings (SSSR count). The Labute approximate surface area is 196 Å². The number of amides is 1. The first-order valence-electron chi connectivity index (χ1n) is 11.1. The highest BCUT2D eigenvalue weighted by Crippen LogP contribution is 2.23. The smallest absolute Gasteiger partial charge is 0.335 e. The van der Waals surface area contributed by atoms with Crippen molar-refractivity contribution in [3.63, 3.8) is 0 Å². The molecular weight excluding hydrogens is 426 g/mol. The molecule has 0 saturated heterocycles. The van der Waals surface area contributed by atoms with Crippen LogP contribution in [0.2, 0.25) is 0 Å². The lowest BCUT2D eigenvalue weighted by Crippen LogP contribution is -2.27. The quantitative estimate of drug-likeness (QED) is 0.362. The largest absolute Gasteiger partial charge is 0.478 e. The van der Waals surface area contributed by atoms with Gasteiger partial charge in [-0.15, -0.1) is 0 Å². The van der Waals surface area contributed by atoms with Crippen molar-refractivity contribution in [2.45, 2.75) is 19.5 Å². The van der Waals surface area contributed by atoms with E-state index in [0.29, 0.717) is 12.1 Å². The number of benzene rings is 3. The Kier molecular flexibility index (Phi) is 5.55. The molecule has 0 radical (unpaired) electrons. The van der Waals surface area contributed by atoms with E-state index in [1.54, 1.807) is 24.3 Å². The maximum absolute atomic E-state index is 13.3. The van der Waals surface area contributed by atoms with Crippen LogP contribution in [0.4, 0.5) is 0 Å². The highest BCUT2D eigenvalue weighted by Gasteiger charge is 2.17. The van der Waals surface area contributed by atoms with Crippen LogP contribution in [-0.4, -0.2) is 26.5 Å². The van der Waals surface area contributed by atoms with Gasteiger partial charge in [0.2, 0.25) is 0 Å². The summed E-state index contributed by atoms with van der Waals surface area (Å²) in [5.74, 6) is -1.16. The number of aromatic nitrogens is 2. The van der Waals surface area contributed by atoms with Crippen LogP contribution in [0.25, 0.3) is 21.7 Å². The van der Waals surface area contributed by atoms with Gasteiger partial charge in [0.25, 0.3) is 5.91 Å². The van der Waals surface area contributed by atoms with E-state index >= 15 is 0 Å². The third-order valence-electron chi connectivity index (χ3n) is 6.06. The number of rotatable bonds is 6. The zero-order chi connectivity index (χ0) is 23.7. The number of nitrogens with one attached hydrogen (secondary N) is 1. The second-order valence-corrected chi connectivity index (χ2v) is 8.33. The fourth-order valence-corrected chi connectivity index (χ4v) is 4.24. The van der Waals surface area contributed by atoms with E-state index in [9.17, 15) is 9.59 Å². The van der Waals surface area contributed by atoms with E-state index in [4.69, 9.17) is 5.11 Å². The van der Waals surface area contributed by atoms with Crippen molar-refractivity contribution < 1.29 is 14.7 Å². The van der Waals surface area contributed by atoms with Crippen LogP contribution in [0.15, 0.2) is 91.3 Å². The fraction of sp³-hybridized carbons (Fsp3) is 0.107. The van der Waals surface area contributed by atoms with Crippen LogP contribution in [0, 0.1) is 0 Å². The molecule has 34 heavy (non-hydrogen) atoms. The predicted octanol–water partition coefficient (Wildman–Crippen LogP) is 5.43. The maximum atomic E-state index is 13.3. The molecule has 3 aromatic carbocycles. The molecule has 0 aliphatic carbocycles. The van der Waals surface area contributed by atoms with Crippen molar-refractivity contribution in [3.05, 3.63) is 114 Å². The van der Waals surface area contributed by atoms with Crippen LogP contribution in [-0.2, 0) is 6.54 Å². The van der Waals surface area contributed by atoms with Gasteiger partial charge < -0.3 is 15.0 Å². The van der Waals surface area contributed by atoms with Gasteiger partial charge in [0, 0.05) is 23.2 Å². The number of carboxylic acids is 1. The van der Waals surface area contributed by atoms with Gasteiger partial charge in [-0.05, 0) is 48.2 Å². The molecule has 0 unspecified atom stereocenters. The first-order valence-corrected chi connectivity index (χ1v) is 11.1. The van der Waals surface area contributed by atoms with Crippen LogP contribution in [0.1, 0.15) is 44.9 Å². The van der Waals surface area contributed by atoms with Gasteiger partial charge in [-0.3, -0.25) is 9.78 Å². The Morgan fingerprint density at radius 3 is 2.44 bits per heavy atom. The molecule has 6 heteroatoms. The fourth-order valence-electron chi connectivity index (χ4n) is 4.24. The molecule has 6 nitrogen and oxygen atoms in total. The summed E-state index contributed by atoms with van der Waals surface area (Å²) >= 11 is 0. The Morgan fingerprint density at radius 2 is 1.68 bits per heavy atom. The van der Waals surface area contributed by atoms with Gasteiger partial charge in [-0.1, -0.05) is 48.5 Å². The molecular formula is C28H23N3O3. The Bertz CT molecular complexity index is 1520. The molecule has 168 valence electrons. The van der Waals surface area contributed by atoms with Gasteiger partial charge in [0.15, 0.2) is 0 Å². The predicted molar refractivity (Wildman–Crippen MR) is 132 cm³/mol. The van der Waals surface area contributed by atoms with E-state index in [-0.39, 0.29) is 17.5 Å². The summed E-state index contributed by atoms with van der Waals surface area (Å²) in [6.45, 7) is 2.43. The molecule has 0 saturated carbocycles. The standard InChI is InChI=1S/C28H23N3O3/c1-18(19-9-11-21(12-10-19)28(33)34)30-27(32)25-8-4-7-20-13-14-31(26(20)25)17-24-15-22-5-2-3-6-23(22)16-29-24/h2-16,18H,17H2,1H3,(H,30,32)(H,33,34)/t18-/m0/s1. The van der Waals surface area contributed by atoms with Gasteiger partial charge in [0.1, 0.15) is 0 Å². The molecule has 0 spiro atoms. The summed E-state index contributed by atoms with van der Waals surface area (Å²) in [6.07, 6.45) is 3.85. The number of carbonyl (C=O) groups excluding carboxylic acids is 1. The second kappa shape index (κ2) is 8.83. The molecule has 1 amide bonds. The first-order chi connectivity index (χ1) is 16.5. The number of carbonyl (C=O) groups is 2. The highest BCUT2D eigenvalue weighted by molar-refractivity contribution is 6.06. The topological polar surface area (TPSA) is 84.2 Å². The number of para-hydroxylation sites is 1. The van der Waals surface area contributed by atoms with E-state index in [2.05, 4.69) is 22.4 Å². The van der Waals surface area contributed by atoms with Crippen molar-refractivity contribution in [2.24, 2.45) is 0 Å². The number of hydrogen-bond donors (Lipinski definition) is 2. The van der Waals surface area contributed by atoms with Gasteiger partial charge in [-0.25, -0.2) is 4.79 Å². The average Bonchev–Trinajstić information content (AvgIpc) is 3.26. The monoisotopic (exact) mass is 449 g/mol. The normalized spacial score (nSPS) is 12.0. The first kappa shape index (κ1) is 21.4. The number of aromatic carboxylic acids is 1. The van der Waals surface area contributed by atoms with E-state index < -0.39 is 5.97 Å². The van der Waals surface area contributed by atoms with Crippen molar-refractivity contribution in [2.75, 3.05) is 0 Å². The Hall–Kier alpha value is -4.45. The molecule has 1 atom stereocenters. The highest BCUT2D eigenvalue weighted by atomic mass is 16.4. The van der Waals surface area contributed by atoms with Crippen LogP contribution >= 0.6 is 0 Å². The Morgan fingerprint density at radius 1 is 0.941 bits per heavy atom. The van der Waals surface area contributed by atoms with Crippen molar-refractivity contribution in [1.29, 1.82) is 0 Å². The summed E-state index contributed by atoms with van der Waals surface area (Å²) in [5.41, 5.74) is 3.40. The maximum Gasteiger partial charge on any atom is 0.335 e. The third-order valence-corrected chi connectivity index (χ3v) is 6.06. The van der Waals surface area contributed by atoms with Gasteiger partial charge in [-0.2, -0.15) is 0 Å². The number of fused-ring (bicyclic) bond motifs is 2. The minimum atomic E-state index is -0.975. The summed E-state index contributed by atoms with van der Waals surface area (Å²) in [5, 5.41) is 15.3. The van der Waals surface area contributed by atoms with Crippen LogP contribution < -0.4 is 5.32 Å². The van der Waals surface area contributed by atoms with Gasteiger partial charge in [0.05, 0.1) is 34.9 Å². The lowest BCUT2D eigenvalue weighted by molar-refractivity contribution is 0.0696. The summed E-state index contributed by atoms with van der Waals surface area (Å²) in [6, 6.07) is 24.1. The summed E-state index contributed by atoms with van der Waals surface area (Å²) in [7, 11) is 0. The van der Waals surface area contributed by atoms with E-state index in [1.165, 1.54) is 0 Å². The average molecular weight is 450 g/mol. The molecule has 2 N–H and O–H groups in total. The molecule has 2 aromatic heterocycles. The SMILES string of the molecule is C[C@H](NC(=O)c1cccc2ccn(Cc3cc4ccccc4cn3)c12)c1ccc(C(=O)O)cc1. The molecule has 0 aliphatic heterocycles. The number of carboxylic acid groups (broad SMARTS) is 1. The summed E-state index contributed by atoms with van der Waals surface area (Å²) in [4.78, 5) is 29.0. The zero-order valence-electron chi connectivity index (χ0n) is 18.6. The minimum Gasteiger partial charge on any atom is -0.478 e. The molecule has 0 bridgehead atoms. The molecule has 0 aliphatic rings. The minimum absolute atomic E-state index is 0.188. The third kappa shape index (κ3) is 4.13. The Balaban J connectivity index is 1.42. The lowest BCUT2D eigenvalue weighted by atomic mass is 10.0. The number of nitrogens with zero attached hydrogens (tertiary/aromatic N) is 2. The van der Waals surface area contributed by atoms with Crippen molar-refractivity contribution in [1.82, 2.24) is 14.9 Å².